The van der Waals surface area contributed by atoms with Gasteiger partial charge in [-0.3, -0.25) is 9.69 Å². The molecule has 1 fully saturated rings. The van der Waals surface area contributed by atoms with Crippen LogP contribution in [0.4, 0.5) is 0 Å². The molecule has 1 aliphatic rings. The number of amides is 1. The van der Waals surface area contributed by atoms with E-state index in [0.29, 0.717) is 12.5 Å². The summed E-state index contributed by atoms with van der Waals surface area (Å²) in [4.78, 5) is 20.2. The fraction of sp³-hybridized carbons (Fsp3) is 0.550. The third-order valence-electron chi connectivity index (χ3n) is 5.50. The maximum atomic E-state index is 12.7. The minimum atomic E-state index is 0.164. The third-order valence-corrected chi connectivity index (χ3v) is 5.50. The highest BCUT2D eigenvalue weighted by atomic mass is 16.5. The molecule has 0 radical (unpaired) electrons. The van der Waals surface area contributed by atoms with Crippen LogP contribution in [0.1, 0.15) is 24.5 Å². The number of likely N-dealkylation sites (N-methyl/N-ethyl adjacent to an activating group) is 2. The average molecular weight is 343 g/mol. The Morgan fingerprint density at radius 3 is 2.88 bits per heavy atom. The zero-order chi connectivity index (χ0) is 18.0. The van der Waals surface area contributed by atoms with E-state index in [1.54, 1.807) is 7.11 Å². The molecule has 136 valence electrons. The van der Waals surface area contributed by atoms with Crippen LogP contribution in [0.5, 0.6) is 0 Å². The van der Waals surface area contributed by atoms with E-state index in [9.17, 15) is 4.79 Å². The highest BCUT2D eigenvalue weighted by Gasteiger charge is 2.31. The summed E-state index contributed by atoms with van der Waals surface area (Å²) in [5.74, 6) is 0.164. The van der Waals surface area contributed by atoms with Crippen molar-refractivity contribution in [3.05, 3.63) is 35.5 Å². The van der Waals surface area contributed by atoms with Gasteiger partial charge in [-0.15, -0.1) is 0 Å². The summed E-state index contributed by atoms with van der Waals surface area (Å²) in [6.45, 7) is 3.84. The summed E-state index contributed by atoms with van der Waals surface area (Å²) < 4.78 is 5.46. The highest BCUT2D eigenvalue weighted by molar-refractivity contribution is 5.90. The Morgan fingerprint density at radius 2 is 2.20 bits per heavy atom. The van der Waals surface area contributed by atoms with E-state index < -0.39 is 0 Å². The van der Waals surface area contributed by atoms with E-state index in [-0.39, 0.29) is 12.0 Å². The number of benzene rings is 1. The minimum Gasteiger partial charge on any atom is -0.380 e. The number of hydrogen-bond acceptors (Lipinski definition) is 3. The van der Waals surface area contributed by atoms with Crippen molar-refractivity contribution in [2.75, 3.05) is 34.3 Å². The van der Waals surface area contributed by atoms with Crippen LogP contribution in [-0.4, -0.2) is 67.1 Å². The van der Waals surface area contributed by atoms with Gasteiger partial charge in [0.05, 0.1) is 12.5 Å². The number of para-hydroxylation sites is 1. The van der Waals surface area contributed by atoms with Crippen LogP contribution < -0.4 is 0 Å². The van der Waals surface area contributed by atoms with Gasteiger partial charge in [-0.25, -0.2) is 0 Å². The quantitative estimate of drug-likeness (QED) is 0.876. The number of H-pyrrole nitrogens is 1. The molecule has 0 spiro atoms. The molecular weight excluding hydrogens is 314 g/mol. The maximum Gasteiger partial charge on any atom is 0.226 e. The fourth-order valence-electron chi connectivity index (χ4n) is 3.84. The monoisotopic (exact) mass is 343 g/mol. The molecule has 5 heteroatoms. The van der Waals surface area contributed by atoms with Crippen molar-refractivity contribution < 1.29 is 9.53 Å². The van der Waals surface area contributed by atoms with E-state index in [2.05, 4.69) is 42.1 Å². The van der Waals surface area contributed by atoms with Gasteiger partial charge >= 0.3 is 0 Å². The number of ether oxygens (including phenoxy) is 1. The second-order valence-electron chi connectivity index (χ2n) is 7.15. The van der Waals surface area contributed by atoms with Gasteiger partial charge in [0.1, 0.15) is 0 Å². The Balaban J connectivity index is 1.66. The Morgan fingerprint density at radius 1 is 1.40 bits per heavy atom. The molecule has 0 aliphatic carbocycles. The van der Waals surface area contributed by atoms with E-state index in [1.807, 2.05) is 18.1 Å². The molecule has 1 N–H and O–H groups in total. The molecule has 0 bridgehead atoms. The van der Waals surface area contributed by atoms with Crippen LogP contribution in [-0.2, 0) is 22.4 Å². The highest BCUT2D eigenvalue weighted by Crippen LogP contribution is 2.23. The van der Waals surface area contributed by atoms with Gasteiger partial charge in [-0.05, 0) is 31.0 Å². The number of aromatic nitrogens is 1. The summed E-state index contributed by atoms with van der Waals surface area (Å²) in [5, 5.41) is 1.17. The molecule has 1 aromatic heterocycles. The smallest absolute Gasteiger partial charge is 0.226 e. The summed E-state index contributed by atoms with van der Waals surface area (Å²) in [7, 11) is 5.77. The van der Waals surface area contributed by atoms with Crippen molar-refractivity contribution >= 4 is 16.8 Å². The molecule has 1 aromatic carbocycles. The Bertz CT molecular complexity index is 740. The van der Waals surface area contributed by atoms with Crippen molar-refractivity contribution in [2.24, 2.45) is 0 Å². The number of aryl methyl sites for hydroxylation is 1. The van der Waals surface area contributed by atoms with E-state index in [0.717, 1.165) is 37.0 Å². The molecule has 3 rings (SSSR count). The first-order valence-electron chi connectivity index (χ1n) is 9.08. The van der Waals surface area contributed by atoms with E-state index in [1.165, 1.54) is 10.9 Å². The lowest BCUT2D eigenvalue weighted by atomic mass is 10.0. The molecule has 2 atom stereocenters. The zero-order valence-corrected chi connectivity index (χ0v) is 15.7. The molecule has 0 saturated carbocycles. The Hall–Kier alpha value is -1.85. The number of nitrogens with one attached hydrogen (secondary N) is 1. The molecule has 25 heavy (non-hydrogen) atoms. The molecular formula is C20H29N3O2. The lowest BCUT2D eigenvalue weighted by molar-refractivity contribution is -0.129. The summed E-state index contributed by atoms with van der Waals surface area (Å²) >= 11 is 0. The van der Waals surface area contributed by atoms with Crippen LogP contribution in [0.15, 0.2) is 24.4 Å². The standard InChI is InChI=1S/C20H29N3O2/c1-5-14-7-6-8-18-15(11-21-20(14)18)9-19(24)23(3)12-16-10-17(25-4)13-22(16)2/h6-8,11,16-17,21H,5,9-10,12-13H2,1-4H3/t16-,17-/m0/s1. The third kappa shape index (κ3) is 3.72. The largest absolute Gasteiger partial charge is 0.380 e. The molecule has 0 unspecified atom stereocenters. The van der Waals surface area contributed by atoms with Gasteiger partial charge in [-0.1, -0.05) is 25.1 Å². The second-order valence-corrected chi connectivity index (χ2v) is 7.15. The molecule has 1 amide bonds. The molecule has 2 aromatic rings. The molecule has 1 aliphatic heterocycles. The van der Waals surface area contributed by atoms with Crippen molar-refractivity contribution in [3.63, 3.8) is 0 Å². The first-order valence-corrected chi connectivity index (χ1v) is 9.08. The lowest BCUT2D eigenvalue weighted by Crippen LogP contribution is -2.40. The van der Waals surface area contributed by atoms with Crippen LogP contribution in [0.25, 0.3) is 10.9 Å². The Labute approximate surface area is 149 Å². The van der Waals surface area contributed by atoms with Crippen molar-refractivity contribution in [3.8, 4) is 0 Å². The zero-order valence-electron chi connectivity index (χ0n) is 15.7. The summed E-state index contributed by atoms with van der Waals surface area (Å²) in [6.07, 6.45) is 4.67. The normalized spacial score (nSPS) is 21.1. The van der Waals surface area contributed by atoms with Crippen LogP contribution in [0.3, 0.4) is 0 Å². The number of carbonyl (C=O) groups excluding carboxylic acids is 1. The van der Waals surface area contributed by atoms with Gasteiger partial charge in [-0.2, -0.15) is 0 Å². The van der Waals surface area contributed by atoms with E-state index >= 15 is 0 Å². The number of methoxy groups -OCH3 is 1. The van der Waals surface area contributed by atoms with Crippen LogP contribution in [0.2, 0.25) is 0 Å². The van der Waals surface area contributed by atoms with Gasteiger partial charge in [0.2, 0.25) is 5.91 Å². The first kappa shape index (κ1) is 18.0. The number of nitrogens with zero attached hydrogens (tertiary/aromatic N) is 2. The number of hydrogen-bond donors (Lipinski definition) is 1. The van der Waals surface area contributed by atoms with Crippen molar-refractivity contribution in [1.82, 2.24) is 14.8 Å². The number of fused-ring (bicyclic) bond motifs is 1. The maximum absolute atomic E-state index is 12.7. The number of carbonyl (C=O) groups is 1. The SMILES string of the molecule is CCc1cccc2c(CC(=O)N(C)C[C@@H]3C[C@H](OC)CN3C)c[nH]c12. The van der Waals surface area contributed by atoms with Gasteiger partial charge in [0.25, 0.3) is 0 Å². The molecule has 1 saturated heterocycles. The Kier molecular flexibility index (Phi) is 5.45. The van der Waals surface area contributed by atoms with Gasteiger partial charge in [0, 0.05) is 50.4 Å². The predicted molar refractivity (Wildman–Crippen MR) is 101 cm³/mol. The fourth-order valence-corrected chi connectivity index (χ4v) is 3.84. The first-order chi connectivity index (χ1) is 12.0. The predicted octanol–water partition coefficient (Wildman–Crippen LogP) is 2.45. The lowest BCUT2D eigenvalue weighted by Gasteiger charge is -2.25. The van der Waals surface area contributed by atoms with Crippen LogP contribution in [0, 0.1) is 0 Å². The van der Waals surface area contributed by atoms with Crippen molar-refractivity contribution in [1.29, 1.82) is 0 Å². The van der Waals surface area contributed by atoms with E-state index in [4.69, 9.17) is 4.74 Å². The molecule has 2 heterocycles. The minimum absolute atomic E-state index is 0.164. The van der Waals surface area contributed by atoms with Gasteiger partial charge < -0.3 is 14.6 Å². The number of likely N-dealkylation sites (tertiary alicyclic amines) is 1. The number of aromatic amines is 1. The topological polar surface area (TPSA) is 48.6 Å². The number of rotatable bonds is 6. The molecule has 5 nitrogen and oxygen atoms in total. The van der Waals surface area contributed by atoms with Crippen LogP contribution >= 0.6 is 0 Å². The summed E-state index contributed by atoms with van der Waals surface area (Å²) in [6, 6.07) is 6.68. The summed E-state index contributed by atoms with van der Waals surface area (Å²) in [5.41, 5.74) is 3.54. The van der Waals surface area contributed by atoms with Crippen molar-refractivity contribution in [2.45, 2.75) is 38.3 Å². The second kappa shape index (κ2) is 7.58. The average Bonchev–Trinajstić information content (AvgIpc) is 3.18. The van der Waals surface area contributed by atoms with Gasteiger partial charge in [0.15, 0.2) is 0 Å².